The zero-order chi connectivity index (χ0) is 19.7. The molecule has 1 heterocycles. The molecule has 0 saturated heterocycles. The van der Waals surface area contributed by atoms with E-state index in [0.717, 1.165) is 16.7 Å². The molecule has 8 heteroatoms. The summed E-state index contributed by atoms with van der Waals surface area (Å²) in [6.07, 6.45) is 1.65. The number of aromatic nitrogens is 2. The molecule has 0 atom stereocenters. The normalized spacial score (nSPS) is 11.8. The van der Waals surface area contributed by atoms with Crippen LogP contribution in [0.2, 0.25) is 0 Å². The number of hydrogen-bond acceptors (Lipinski definition) is 3. The SMILES string of the molecule is C/C=C(\C)n1c(=O)[nH]c2cc(NCc3cc(F)c(F)c(F)c3)ccc2c1=O. The van der Waals surface area contributed by atoms with Crippen molar-refractivity contribution < 1.29 is 13.2 Å². The minimum absolute atomic E-state index is 0.0264. The molecule has 2 aromatic carbocycles. The Bertz CT molecular complexity index is 1160. The fraction of sp³-hybridized carbons (Fsp3) is 0.158. The van der Waals surface area contributed by atoms with Crippen molar-refractivity contribution in [3.63, 3.8) is 0 Å². The van der Waals surface area contributed by atoms with E-state index in [1.165, 1.54) is 0 Å². The second-order valence-electron chi connectivity index (χ2n) is 5.99. The minimum Gasteiger partial charge on any atom is -0.381 e. The van der Waals surface area contributed by atoms with Gasteiger partial charge in [0.1, 0.15) is 0 Å². The fourth-order valence-electron chi connectivity index (χ4n) is 2.69. The van der Waals surface area contributed by atoms with Gasteiger partial charge >= 0.3 is 5.69 Å². The van der Waals surface area contributed by atoms with Gasteiger partial charge in [0.05, 0.1) is 10.9 Å². The molecular formula is C19H16F3N3O2. The predicted octanol–water partition coefficient (Wildman–Crippen LogP) is 3.60. The summed E-state index contributed by atoms with van der Waals surface area (Å²) < 4.78 is 40.6. The highest BCUT2D eigenvalue weighted by Crippen LogP contribution is 2.17. The number of rotatable bonds is 4. The van der Waals surface area contributed by atoms with Gasteiger partial charge < -0.3 is 10.3 Å². The van der Waals surface area contributed by atoms with Gasteiger partial charge in [-0.1, -0.05) is 6.08 Å². The van der Waals surface area contributed by atoms with E-state index < -0.39 is 28.7 Å². The van der Waals surface area contributed by atoms with E-state index in [0.29, 0.717) is 22.3 Å². The van der Waals surface area contributed by atoms with E-state index in [-0.39, 0.29) is 12.1 Å². The van der Waals surface area contributed by atoms with Crippen molar-refractivity contribution in [2.24, 2.45) is 0 Å². The lowest BCUT2D eigenvalue weighted by Gasteiger charge is -2.10. The third kappa shape index (κ3) is 3.51. The van der Waals surface area contributed by atoms with Gasteiger partial charge in [-0.3, -0.25) is 4.79 Å². The summed E-state index contributed by atoms with van der Waals surface area (Å²) >= 11 is 0. The molecule has 27 heavy (non-hydrogen) atoms. The summed E-state index contributed by atoms with van der Waals surface area (Å²) in [6.45, 7) is 3.40. The molecule has 2 N–H and O–H groups in total. The van der Waals surface area contributed by atoms with Crippen molar-refractivity contribution in [2.45, 2.75) is 20.4 Å². The number of fused-ring (bicyclic) bond motifs is 1. The Hall–Kier alpha value is -3.29. The maximum Gasteiger partial charge on any atom is 0.333 e. The van der Waals surface area contributed by atoms with Crippen LogP contribution in [0.3, 0.4) is 0 Å². The van der Waals surface area contributed by atoms with E-state index >= 15 is 0 Å². The highest BCUT2D eigenvalue weighted by Gasteiger charge is 2.11. The maximum absolute atomic E-state index is 13.3. The van der Waals surface area contributed by atoms with Crippen LogP contribution in [0, 0.1) is 17.5 Å². The standard InChI is InChI=1S/C19H16F3N3O2/c1-3-10(2)25-18(26)13-5-4-12(8-16(13)24-19(25)27)23-9-11-6-14(20)17(22)15(21)7-11/h3-8,23H,9H2,1-2H3,(H,24,27)/b10-3+. The zero-order valence-electron chi connectivity index (χ0n) is 14.6. The second-order valence-corrected chi connectivity index (χ2v) is 5.99. The average molecular weight is 375 g/mol. The molecule has 140 valence electrons. The lowest BCUT2D eigenvalue weighted by atomic mass is 10.2. The first kappa shape index (κ1) is 18.5. The average Bonchev–Trinajstić information content (AvgIpc) is 2.63. The van der Waals surface area contributed by atoms with E-state index in [4.69, 9.17) is 0 Å². The topological polar surface area (TPSA) is 66.9 Å². The Morgan fingerprint density at radius 2 is 1.81 bits per heavy atom. The van der Waals surface area contributed by atoms with Crippen molar-refractivity contribution in [1.82, 2.24) is 9.55 Å². The van der Waals surface area contributed by atoms with Crippen LogP contribution in [0.5, 0.6) is 0 Å². The molecule has 0 amide bonds. The van der Waals surface area contributed by atoms with Crippen LogP contribution in [-0.4, -0.2) is 9.55 Å². The third-order valence-corrected chi connectivity index (χ3v) is 4.21. The molecule has 0 aliphatic rings. The lowest BCUT2D eigenvalue weighted by molar-refractivity contribution is 0.445. The first-order chi connectivity index (χ1) is 12.8. The molecule has 5 nitrogen and oxygen atoms in total. The second kappa shape index (κ2) is 7.14. The number of anilines is 1. The first-order valence-corrected chi connectivity index (χ1v) is 8.11. The number of H-pyrrole nitrogens is 1. The van der Waals surface area contributed by atoms with E-state index in [1.807, 2.05) is 0 Å². The van der Waals surface area contributed by atoms with Crippen LogP contribution in [0.25, 0.3) is 16.6 Å². The van der Waals surface area contributed by atoms with Crippen molar-refractivity contribution in [1.29, 1.82) is 0 Å². The number of hydrogen-bond donors (Lipinski definition) is 2. The monoisotopic (exact) mass is 375 g/mol. The quantitative estimate of drug-likeness (QED) is 0.685. The predicted molar refractivity (Wildman–Crippen MR) is 98.1 cm³/mol. The Kier molecular flexibility index (Phi) is 4.89. The maximum atomic E-state index is 13.3. The number of aromatic amines is 1. The van der Waals surface area contributed by atoms with Crippen LogP contribution in [0.1, 0.15) is 19.4 Å². The highest BCUT2D eigenvalue weighted by molar-refractivity contribution is 5.81. The molecule has 0 aliphatic carbocycles. The third-order valence-electron chi connectivity index (χ3n) is 4.21. The number of allylic oxidation sites excluding steroid dienone is 2. The molecule has 3 aromatic rings. The Morgan fingerprint density at radius 1 is 1.15 bits per heavy atom. The van der Waals surface area contributed by atoms with Crippen LogP contribution < -0.4 is 16.6 Å². The van der Waals surface area contributed by atoms with Gasteiger partial charge in [-0.15, -0.1) is 0 Å². The molecule has 0 bridgehead atoms. The number of nitrogens with zero attached hydrogens (tertiary/aromatic N) is 1. The Balaban J connectivity index is 1.94. The van der Waals surface area contributed by atoms with Gasteiger partial charge in [0.15, 0.2) is 17.5 Å². The van der Waals surface area contributed by atoms with Crippen LogP contribution in [0.4, 0.5) is 18.9 Å². The Labute approximate surface area is 151 Å². The van der Waals surface area contributed by atoms with E-state index in [9.17, 15) is 22.8 Å². The highest BCUT2D eigenvalue weighted by atomic mass is 19.2. The van der Waals surface area contributed by atoms with Crippen molar-refractivity contribution in [3.05, 3.63) is 80.3 Å². The summed E-state index contributed by atoms with van der Waals surface area (Å²) in [4.78, 5) is 27.3. The van der Waals surface area contributed by atoms with Crippen molar-refractivity contribution in [3.8, 4) is 0 Å². The Morgan fingerprint density at radius 3 is 2.44 bits per heavy atom. The molecule has 0 spiro atoms. The van der Waals surface area contributed by atoms with Crippen molar-refractivity contribution in [2.75, 3.05) is 5.32 Å². The molecule has 0 saturated carbocycles. The zero-order valence-corrected chi connectivity index (χ0v) is 14.6. The molecule has 0 fully saturated rings. The number of nitrogens with one attached hydrogen (secondary N) is 2. The lowest BCUT2D eigenvalue weighted by Crippen LogP contribution is -2.33. The number of halogens is 3. The summed E-state index contributed by atoms with van der Waals surface area (Å²) in [5.74, 6) is -4.06. The number of benzene rings is 2. The van der Waals surface area contributed by atoms with E-state index in [1.54, 1.807) is 38.1 Å². The van der Waals surface area contributed by atoms with Gasteiger partial charge in [0, 0.05) is 17.9 Å². The summed E-state index contributed by atoms with van der Waals surface area (Å²) in [6, 6.07) is 6.48. The van der Waals surface area contributed by atoms with Gasteiger partial charge in [0.2, 0.25) is 0 Å². The van der Waals surface area contributed by atoms with Crippen LogP contribution >= 0.6 is 0 Å². The molecular weight excluding hydrogens is 359 g/mol. The summed E-state index contributed by atoms with van der Waals surface area (Å²) in [7, 11) is 0. The molecule has 3 rings (SSSR count). The smallest absolute Gasteiger partial charge is 0.333 e. The van der Waals surface area contributed by atoms with E-state index in [2.05, 4.69) is 10.3 Å². The van der Waals surface area contributed by atoms with Gasteiger partial charge in [0.25, 0.3) is 5.56 Å². The summed E-state index contributed by atoms with van der Waals surface area (Å²) in [5, 5.41) is 3.24. The van der Waals surface area contributed by atoms with Gasteiger partial charge in [-0.05, 0) is 49.7 Å². The molecule has 0 unspecified atom stereocenters. The molecule has 0 aliphatic heterocycles. The summed E-state index contributed by atoms with van der Waals surface area (Å²) in [5.41, 5.74) is 0.543. The van der Waals surface area contributed by atoms with Crippen LogP contribution in [-0.2, 0) is 6.54 Å². The molecule has 0 radical (unpaired) electrons. The fourth-order valence-corrected chi connectivity index (χ4v) is 2.69. The van der Waals surface area contributed by atoms with Gasteiger partial charge in [-0.25, -0.2) is 22.5 Å². The molecule has 1 aromatic heterocycles. The van der Waals surface area contributed by atoms with Crippen LogP contribution in [0.15, 0.2) is 46.0 Å². The van der Waals surface area contributed by atoms with Gasteiger partial charge in [-0.2, -0.15) is 0 Å². The minimum atomic E-state index is -1.52. The van der Waals surface area contributed by atoms with Crippen molar-refractivity contribution >= 4 is 22.3 Å². The largest absolute Gasteiger partial charge is 0.381 e. The first-order valence-electron chi connectivity index (χ1n) is 8.11.